The quantitative estimate of drug-likeness (QED) is 0.598. The van der Waals surface area contributed by atoms with E-state index < -0.39 is 5.91 Å². The summed E-state index contributed by atoms with van der Waals surface area (Å²) in [6.45, 7) is 12.7. The molecular formula is C27H36N2O6. The van der Waals surface area contributed by atoms with E-state index in [1.165, 1.54) is 19.2 Å². The number of benzene rings is 2. The first-order valence-electron chi connectivity index (χ1n) is 11.8. The van der Waals surface area contributed by atoms with Crippen LogP contribution in [0.1, 0.15) is 66.0 Å². The molecule has 1 unspecified atom stereocenters. The molecule has 2 aromatic carbocycles. The Labute approximate surface area is 207 Å². The molecule has 0 aliphatic carbocycles. The van der Waals surface area contributed by atoms with E-state index in [-0.39, 0.29) is 17.4 Å². The van der Waals surface area contributed by atoms with E-state index >= 15 is 0 Å². The summed E-state index contributed by atoms with van der Waals surface area (Å²) in [5.41, 5.74) is 4.80. The average Bonchev–Trinajstić information content (AvgIpc) is 2.83. The highest BCUT2D eigenvalue weighted by molar-refractivity contribution is 6.01. The summed E-state index contributed by atoms with van der Waals surface area (Å²) in [6, 6.07) is 6.47. The van der Waals surface area contributed by atoms with Gasteiger partial charge in [-0.15, -0.1) is 0 Å². The third-order valence-electron chi connectivity index (χ3n) is 6.34. The van der Waals surface area contributed by atoms with Gasteiger partial charge in [0, 0.05) is 22.3 Å². The SMILES string of the molecule is CCC(N(NC(=O)c1cc(OC)c(C)c(OC)c1)C(=O)c1ccc2c(c1C)OCCO2)C(C)(C)C. The van der Waals surface area contributed by atoms with Crippen molar-refractivity contribution in [2.45, 2.75) is 54.0 Å². The van der Waals surface area contributed by atoms with Crippen molar-refractivity contribution in [1.29, 1.82) is 0 Å². The molecule has 0 spiro atoms. The number of nitrogens with zero attached hydrogens (tertiary/aromatic N) is 1. The van der Waals surface area contributed by atoms with Crippen LogP contribution in [0, 0.1) is 19.3 Å². The van der Waals surface area contributed by atoms with Gasteiger partial charge in [-0.1, -0.05) is 27.7 Å². The number of ether oxygens (including phenoxy) is 4. The van der Waals surface area contributed by atoms with Gasteiger partial charge in [0.2, 0.25) is 0 Å². The first-order valence-corrected chi connectivity index (χ1v) is 11.8. The summed E-state index contributed by atoms with van der Waals surface area (Å²) in [4.78, 5) is 27.4. The summed E-state index contributed by atoms with van der Waals surface area (Å²) in [7, 11) is 3.08. The molecule has 0 aromatic heterocycles. The van der Waals surface area contributed by atoms with Crippen molar-refractivity contribution in [3.05, 3.63) is 46.5 Å². The molecule has 190 valence electrons. The molecule has 3 rings (SSSR count). The summed E-state index contributed by atoms with van der Waals surface area (Å²) in [5.74, 6) is 1.47. The van der Waals surface area contributed by atoms with Crippen molar-refractivity contribution >= 4 is 11.8 Å². The highest BCUT2D eigenvalue weighted by atomic mass is 16.6. The van der Waals surface area contributed by atoms with Gasteiger partial charge in [-0.25, -0.2) is 5.01 Å². The maximum absolute atomic E-state index is 13.9. The summed E-state index contributed by atoms with van der Waals surface area (Å²) >= 11 is 0. The van der Waals surface area contributed by atoms with Crippen molar-refractivity contribution in [2.24, 2.45) is 5.41 Å². The van der Waals surface area contributed by atoms with Crippen LogP contribution in [-0.2, 0) is 0 Å². The molecule has 1 aliphatic rings. The van der Waals surface area contributed by atoms with Crippen molar-refractivity contribution < 1.29 is 28.5 Å². The minimum Gasteiger partial charge on any atom is -0.496 e. The van der Waals surface area contributed by atoms with E-state index in [4.69, 9.17) is 18.9 Å². The number of hydrazine groups is 1. The zero-order valence-electron chi connectivity index (χ0n) is 21.9. The van der Waals surface area contributed by atoms with Crippen LogP contribution in [0.3, 0.4) is 0 Å². The number of rotatable bonds is 6. The Kier molecular flexibility index (Phi) is 7.83. The molecule has 0 bridgehead atoms. The average molecular weight is 485 g/mol. The van der Waals surface area contributed by atoms with Gasteiger partial charge in [0.05, 0.1) is 20.3 Å². The van der Waals surface area contributed by atoms with Crippen LogP contribution >= 0.6 is 0 Å². The molecule has 8 nitrogen and oxygen atoms in total. The largest absolute Gasteiger partial charge is 0.496 e. The molecular weight excluding hydrogens is 448 g/mol. The van der Waals surface area contributed by atoms with E-state index in [1.807, 2.05) is 41.5 Å². The van der Waals surface area contributed by atoms with Crippen LogP contribution in [0.2, 0.25) is 0 Å². The fourth-order valence-corrected chi connectivity index (χ4v) is 4.46. The van der Waals surface area contributed by atoms with Gasteiger partial charge in [-0.05, 0) is 49.9 Å². The second-order valence-corrected chi connectivity index (χ2v) is 9.67. The van der Waals surface area contributed by atoms with E-state index in [2.05, 4.69) is 5.43 Å². The zero-order valence-corrected chi connectivity index (χ0v) is 21.9. The van der Waals surface area contributed by atoms with Gasteiger partial charge in [-0.3, -0.25) is 15.0 Å². The van der Waals surface area contributed by atoms with Crippen molar-refractivity contribution in [3.8, 4) is 23.0 Å². The molecule has 35 heavy (non-hydrogen) atoms. The minimum atomic E-state index is -0.437. The molecule has 2 aromatic rings. The second-order valence-electron chi connectivity index (χ2n) is 9.67. The van der Waals surface area contributed by atoms with Crippen molar-refractivity contribution in [2.75, 3.05) is 27.4 Å². The number of hydrogen-bond donors (Lipinski definition) is 1. The highest BCUT2D eigenvalue weighted by Gasteiger charge is 2.35. The molecule has 1 atom stereocenters. The number of carbonyl (C=O) groups excluding carboxylic acids is 2. The number of nitrogens with one attached hydrogen (secondary N) is 1. The number of fused-ring (bicyclic) bond motifs is 1. The lowest BCUT2D eigenvalue weighted by atomic mass is 9.84. The first-order chi connectivity index (χ1) is 16.5. The van der Waals surface area contributed by atoms with Crippen LogP contribution in [0.25, 0.3) is 0 Å². The number of hydrogen-bond acceptors (Lipinski definition) is 6. The Morgan fingerprint density at radius 3 is 2.17 bits per heavy atom. The predicted molar refractivity (Wildman–Crippen MR) is 134 cm³/mol. The predicted octanol–water partition coefficient (Wildman–Crippen LogP) is 4.70. The van der Waals surface area contributed by atoms with Gasteiger partial charge in [0.1, 0.15) is 24.7 Å². The second kappa shape index (κ2) is 10.5. The smallest absolute Gasteiger partial charge is 0.272 e. The molecule has 0 fully saturated rings. The Bertz CT molecular complexity index is 1080. The highest BCUT2D eigenvalue weighted by Crippen LogP contribution is 2.37. The Morgan fingerprint density at radius 2 is 1.63 bits per heavy atom. The number of methoxy groups -OCH3 is 2. The van der Waals surface area contributed by atoms with Crippen LogP contribution in [0.15, 0.2) is 24.3 Å². The maximum atomic E-state index is 13.9. The standard InChI is InChI=1S/C27H36N2O6/c1-9-23(27(4,5)6)29(26(31)19-10-11-20-24(16(19)2)35-13-12-34-20)28-25(30)18-14-21(32-7)17(3)22(15-18)33-8/h10-11,14-15,23H,9,12-13H2,1-8H3,(H,28,30). The fraction of sp³-hybridized carbons (Fsp3) is 0.481. The van der Waals surface area contributed by atoms with Crippen LogP contribution in [0.4, 0.5) is 0 Å². The van der Waals surface area contributed by atoms with Gasteiger partial charge in [-0.2, -0.15) is 0 Å². The van der Waals surface area contributed by atoms with Crippen LogP contribution < -0.4 is 24.4 Å². The van der Waals surface area contributed by atoms with Gasteiger partial charge in [0.15, 0.2) is 11.5 Å². The molecule has 1 aliphatic heterocycles. The molecule has 1 heterocycles. The van der Waals surface area contributed by atoms with E-state index in [0.29, 0.717) is 59.3 Å². The Morgan fingerprint density at radius 1 is 1.03 bits per heavy atom. The van der Waals surface area contributed by atoms with Crippen LogP contribution in [-0.4, -0.2) is 50.3 Å². The van der Waals surface area contributed by atoms with Crippen molar-refractivity contribution in [3.63, 3.8) is 0 Å². The monoisotopic (exact) mass is 484 g/mol. The number of amides is 2. The molecule has 8 heteroatoms. The van der Waals surface area contributed by atoms with Crippen molar-refractivity contribution in [1.82, 2.24) is 10.4 Å². The summed E-state index contributed by atoms with van der Waals surface area (Å²) in [5, 5.41) is 1.44. The van der Waals surface area contributed by atoms with E-state index in [0.717, 1.165) is 5.56 Å². The van der Waals surface area contributed by atoms with E-state index in [9.17, 15) is 9.59 Å². The third kappa shape index (κ3) is 5.31. The Hall–Kier alpha value is -3.42. The van der Waals surface area contributed by atoms with Gasteiger partial charge >= 0.3 is 0 Å². The number of carbonyl (C=O) groups is 2. The Balaban J connectivity index is 2.03. The van der Waals surface area contributed by atoms with Gasteiger partial charge in [0.25, 0.3) is 11.8 Å². The zero-order chi connectivity index (χ0) is 25.9. The van der Waals surface area contributed by atoms with Crippen LogP contribution in [0.5, 0.6) is 23.0 Å². The lowest BCUT2D eigenvalue weighted by Crippen LogP contribution is -2.56. The molecule has 0 saturated carbocycles. The summed E-state index contributed by atoms with van der Waals surface area (Å²) in [6.07, 6.45) is 0.639. The molecule has 0 radical (unpaired) electrons. The maximum Gasteiger partial charge on any atom is 0.272 e. The van der Waals surface area contributed by atoms with E-state index in [1.54, 1.807) is 24.3 Å². The fourth-order valence-electron chi connectivity index (χ4n) is 4.46. The lowest BCUT2D eigenvalue weighted by molar-refractivity contribution is 0.0283. The minimum absolute atomic E-state index is 0.277. The first kappa shape index (κ1) is 26.2. The normalized spacial score (nSPS) is 13.6. The molecule has 2 amide bonds. The molecule has 1 N–H and O–H groups in total. The summed E-state index contributed by atoms with van der Waals surface area (Å²) < 4.78 is 22.3. The topological polar surface area (TPSA) is 86.3 Å². The lowest BCUT2D eigenvalue weighted by Gasteiger charge is -2.40. The third-order valence-corrected chi connectivity index (χ3v) is 6.34. The molecule has 0 saturated heterocycles. The van der Waals surface area contributed by atoms with Gasteiger partial charge < -0.3 is 18.9 Å².